The van der Waals surface area contributed by atoms with Crippen LogP contribution in [0.2, 0.25) is 5.02 Å². The summed E-state index contributed by atoms with van der Waals surface area (Å²) in [7, 11) is 0. The van der Waals surface area contributed by atoms with Crippen LogP contribution in [-0.4, -0.2) is 29.1 Å². The molecule has 0 fully saturated rings. The lowest BCUT2D eigenvalue weighted by Crippen LogP contribution is -2.27. The number of carbonyl (C=O) groups excluding carboxylic acids is 1. The number of hydrogen-bond acceptors (Lipinski definition) is 7. The van der Waals surface area contributed by atoms with Crippen molar-refractivity contribution in [3.05, 3.63) is 41.4 Å². The second kappa shape index (κ2) is 7.02. The van der Waals surface area contributed by atoms with Crippen molar-refractivity contribution in [2.75, 3.05) is 23.8 Å². The summed E-state index contributed by atoms with van der Waals surface area (Å²) in [5, 5.41) is 1.08. The number of nitrogens with zero attached hydrogens (tertiary/aromatic N) is 3. The summed E-state index contributed by atoms with van der Waals surface area (Å²) in [6.45, 7) is 2.14. The van der Waals surface area contributed by atoms with Crippen molar-refractivity contribution in [1.29, 1.82) is 0 Å². The molecule has 2 aromatic heterocycles. The Morgan fingerprint density at radius 1 is 1.25 bits per heavy atom. The average Bonchev–Trinajstić information content (AvgIpc) is 2.93. The van der Waals surface area contributed by atoms with Gasteiger partial charge in [-0.3, -0.25) is 4.79 Å². The van der Waals surface area contributed by atoms with E-state index in [1.54, 1.807) is 30.0 Å². The van der Waals surface area contributed by atoms with Gasteiger partial charge in [-0.15, -0.1) is 0 Å². The van der Waals surface area contributed by atoms with Crippen LogP contribution in [0, 0.1) is 0 Å². The topological polar surface area (TPSA) is 81.3 Å². The predicted molar refractivity (Wildman–Crippen MR) is 96.9 cm³/mol. The van der Waals surface area contributed by atoms with Crippen molar-refractivity contribution in [2.24, 2.45) is 0 Å². The van der Waals surface area contributed by atoms with Gasteiger partial charge in [-0.1, -0.05) is 22.9 Å². The van der Waals surface area contributed by atoms with Gasteiger partial charge in [0.2, 0.25) is 0 Å². The lowest BCUT2D eigenvalue weighted by molar-refractivity contribution is -0.141. The van der Waals surface area contributed by atoms with E-state index in [0.717, 1.165) is 11.2 Å². The monoisotopic (exact) mass is 362 g/mol. The molecule has 2 N–H and O–H groups in total. The second-order valence-corrected chi connectivity index (χ2v) is 6.36. The molecule has 0 atom stereocenters. The molecule has 124 valence electrons. The van der Waals surface area contributed by atoms with Gasteiger partial charge >= 0.3 is 5.97 Å². The lowest BCUT2D eigenvalue weighted by Gasteiger charge is -2.22. The molecule has 0 saturated heterocycles. The molecule has 0 unspecified atom stereocenters. The SMILES string of the molecule is CCOC(=O)CN(c1ccc(Cl)cc1)c1ccc2nc(N)sc2n1. The fraction of sp³-hybridized carbons (Fsp3) is 0.188. The highest BCUT2D eigenvalue weighted by Crippen LogP contribution is 2.29. The van der Waals surface area contributed by atoms with Crippen molar-refractivity contribution in [2.45, 2.75) is 6.92 Å². The van der Waals surface area contributed by atoms with E-state index in [-0.39, 0.29) is 12.5 Å². The van der Waals surface area contributed by atoms with Gasteiger partial charge in [0.05, 0.1) is 6.61 Å². The summed E-state index contributed by atoms with van der Waals surface area (Å²) in [5.41, 5.74) is 7.25. The summed E-state index contributed by atoms with van der Waals surface area (Å²) in [5.74, 6) is 0.277. The molecule has 3 rings (SSSR count). The Morgan fingerprint density at radius 2 is 2.00 bits per heavy atom. The normalized spacial score (nSPS) is 10.8. The van der Waals surface area contributed by atoms with Crippen molar-refractivity contribution in [1.82, 2.24) is 9.97 Å². The predicted octanol–water partition coefficient (Wildman–Crippen LogP) is 3.63. The molecule has 0 amide bonds. The molecule has 8 heteroatoms. The van der Waals surface area contributed by atoms with Gasteiger partial charge in [0.25, 0.3) is 0 Å². The summed E-state index contributed by atoms with van der Waals surface area (Å²) >= 11 is 7.25. The summed E-state index contributed by atoms with van der Waals surface area (Å²) in [6, 6.07) is 10.8. The maximum Gasteiger partial charge on any atom is 0.326 e. The van der Waals surface area contributed by atoms with E-state index in [1.807, 2.05) is 18.2 Å². The molecule has 1 aromatic carbocycles. The van der Waals surface area contributed by atoms with Crippen LogP contribution in [0.3, 0.4) is 0 Å². The summed E-state index contributed by atoms with van der Waals surface area (Å²) < 4.78 is 5.07. The molecule has 0 bridgehead atoms. The number of esters is 1. The number of ether oxygens (including phenoxy) is 1. The first-order valence-electron chi connectivity index (χ1n) is 7.28. The molecule has 0 spiro atoms. The van der Waals surface area contributed by atoms with Crippen molar-refractivity contribution < 1.29 is 9.53 Å². The van der Waals surface area contributed by atoms with E-state index >= 15 is 0 Å². The quantitative estimate of drug-likeness (QED) is 0.698. The number of benzene rings is 1. The largest absolute Gasteiger partial charge is 0.465 e. The Morgan fingerprint density at radius 3 is 2.71 bits per heavy atom. The molecule has 0 aliphatic rings. The average molecular weight is 363 g/mol. The maximum atomic E-state index is 12.0. The molecule has 0 radical (unpaired) electrons. The highest BCUT2D eigenvalue weighted by Gasteiger charge is 2.17. The van der Waals surface area contributed by atoms with Crippen molar-refractivity contribution in [3.63, 3.8) is 0 Å². The molecular formula is C16H15ClN4O2S. The first-order valence-corrected chi connectivity index (χ1v) is 8.48. The smallest absolute Gasteiger partial charge is 0.326 e. The number of anilines is 3. The minimum absolute atomic E-state index is 0.0439. The van der Waals surface area contributed by atoms with Crippen LogP contribution in [0.1, 0.15) is 6.92 Å². The Kier molecular flexibility index (Phi) is 4.82. The Labute approximate surface area is 147 Å². The van der Waals surface area contributed by atoms with Gasteiger partial charge in [-0.25, -0.2) is 9.97 Å². The number of rotatable bonds is 5. The Hall–Kier alpha value is -2.38. The highest BCUT2D eigenvalue weighted by molar-refractivity contribution is 7.21. The zero-order chi connectivity index (χ0) is 17.1. The van der Waals surface area contributed by atoms with Gasteiger partial charge in [0.15, 0.2) is 5.13 Å². The first kappa shape index (κ1) is 16.5. The first-order chi connectivity index (χ1) is 11.6. The third-order valence-electron chi connectivity index (χ3n) is 3.26. The number of nitrogens with two attached hydrogens (primary N) is 1. The number of hydrogen-bond donors (Lipinski definition) is 1. The van der Waals surface area contributed by atoms with Gasteiger partial charge in [0, 0.05) is 10.7 Å². The van der Waals surface area contributed by atoms with E-state index in [1.165, 1.54) is 11.3 Å². The van der Waals surface area contributed by atoms with Crippen LogP contribution in [0.5, 0.6) is 0 Å². The van der Waals surface area contributed by atoms with Gasteiger partial charge in [0.1, 0.15) is 22.7 Å². The molecule has 2 heterocycles. The van der Waals surface area contributed by atoms with Gasteiger partial charge in [-0.05, 0) is 43.3 Å². The second-order valence-electron chi connectivity index (χ2n) is 4.91. The van der Waals surface area contributed by atoms with E-state index in [9.17, 15) is 4.79 Å². The Balaban J connectivity index is 2.00. The minimum Gasteiger partial charge on any atom is -0.465 e. The zero-order valence-corrected chi connectivity index (χ0v) is 14.5. The molecule has 0 aliphatic carbocycles. The number of fused-ring (bicyclic) bond motifs is 1. The van der Waals surface area contributed by atoms with Crippen LogP contribution in [0.15, 0.2) is 36.4 Å². The summed E-state index contributed by atoms with van der Waals surface area (Å²) in [4.78, 5) is 23.2. The number of carbonyl (C=O) groups is 1. The van der Waals surface area contributed by atoms with Gasteiger partial charge in [-0.2, -0.15) is 0 Å². The number of nitrogen functional groups attached to an aromatic ring is 1. The maximum absolute atomic E-state index is 12.0. The third kappa shape index (κ3) is 3.58. The van der Waals surface area contributed by atoms with E-state index in [4.69, 9.17) is 22.1 Å². The van der Waals surface area contributed by atoms with Gasteiger partial charge < -0.3 is 15.4 Å². The fourth-order valence-corrected chi connectivity index (χ4v) is 3.06. The van der Waals surface area contributed by atoms with Crippen LogP contribution in [0.4, 0.5) is 16.6 Å². The molecular weight excluding hydrogens is 348 g/mol. The molecule has 0 saturated carbocycles. The van der Waals surface area contributed by atoms with Crippen LogP contribution in [0.25, 0.3) is 10.3 Å². The molecule has 3 aromatic rings. The van der Waals surface area contributed by atoms with E-state index < -0.39 is 0 Å². The number of pyridine rings is 1. The molecule has 6 nitrogen and oxygen atoms in total. The highest BCUT2D eigenvalue weighted by atomic mass is 35.5. The Bertz CT molecular complexity index is 866. The van der Waals surface area contributed by atoms with Crippen molar-refractivity contribution >= 4 is 55.9 Å². The van der Waals surface area contributed by atoms with Crippen LogP contribution >= 0.6 is 22.9 Å². The lowest BCUT2D eigenvalue weighted by atomic mass is 10.2. The fourth-order valence-electron chi connectivity index (χ4n) is 2.24. The summed E-state index contributed by atoms with van der Waals surface area (Å²) in [6.07, 6.45) is 0. The van der Waals surface area contributed by atoms with E-state index in [2.05, 4.69) is 9.97 Å². The van der Waals surface area contributed by atoms with Crippen molar-refractivity contribution in [3.8, 4) is 0 Å². The standard InChI is InChI=1S/C16H15ClN4O2S/c1-2-23-14(22)9-21(11-5-3-10(17)4-6-11)13-8-7-12-15(20-13)24-16(18)19-12/h3-8H,2,9H2,1H3,(H2,18,19). The van der Waals surface area contributed by atoms with E-state index in [0.29, 0.717) is 27.4 Å². The van der Waals surface area contributed by atoms with Crippen LogP contribution in [-0.2, 0) is 9.53 Å². The number of aromatic nitrogens is 2. The molecule has 0 aliphatic heterocycles. The number of thiazole rings is 1. The molecule has 24 heavy (non-hydrogen) atoms. The van der Waals surface area contributed by atoms with Crippen LogP contribution < -0.4 is 10.6 Å². The zero-order valence-electron chi connectivity index (χ0n) is 12.9. The minimum atomic E-state index is -0.335. The number of halogens is 1. The third-order valence-corrected chi connectivity index (χ3v) is 4.31.